The third kappa shape index (κ3) is 3.42. The summed E-state index contributed by atoms with van der Waals surface area (Å²) in [6, 6.07) is 2.23. The highest BCUT2D eigenvalue weighted by molar-refractivity contribution is 5.88. The smallest absolute Gasteiger partial charge is 0.254 e. The Bertz CT molecular complexity index is 634. The fraction of sp³-hybridized carbons (Fsp3) is 0.722. The first-order valence-corrected chi connectivity index (χ1v) is 9.05. The Hall–Kier alpha value is -1.89. The molecule has 2 aliphatic rings. The van der Waals surface area contributed by atoms with E-state index >= 15 is 0 Å². The molecule has 0 N–H and O–H groups in total. The zero-order valence-corrected chi connectivity index (χ0v) is 15.5. The highest BCUT2D eigenvalue weighted by Gasteiger charge is 2.52. The summed E-state index contributed by atoms with van der Waals surface area (Å²) in [6.45, 7) is 7.76. The van der Waals surface area contributed by atoms with E-state index < -0.39 is 0 Å². The van der Waals surface area contributed by atoms with Crippen LogP contribution >= 0.6 is 0 Å². The summed E-state index contributed by atoms with van der Waals surface area (Å²) < 4.78 is 7.11. The number of amides is 2. The van der Waals surface area contributed by atoms with Gasteiger partial charge in [-0.05, 0) is 45.6 Å². The molecule has 7 nitrogen and oxygen atoms in total. The minimum Gasteiger partial charge on any atom is -0.369 e. The Labute approximate surface area is 148 Å². The lowest BCUT2D eigenvalue weighted by Crippen LogP contribution is -2.70. The quantitative estimate of drug-likeness (QED) is 0.747. The van der Waals surface area contributed by atoms with Crippen molar-refractivity contribution in [3.8, 4) is 0 Å². The van der Waals surface area contributed by atoms with Crippen LogP contribution in [0.2, 0.25) is 0 Å². The Balaban J connectivity index is 1.56. The number of nitrogens with zero attached hydrogens (tertiary/aromatic N) is 4. The molecule has 0 spiro atoms. The lowest BCUT2D eigenvalue weighted by Gasteiger charge is -2.53. The molecular weight excluding hydrogens is 320 g/mol. The number of carbonyl (C=O) groups excluding carboxylic acids is 2. The van der Waals surface area contributed by atoms with Crippen LogP contribution in [0.4, 0.5) is 0 Å². The number of hydrogen-bond donors (Lipinski definition) is 0. The minimum absolute atomic E-state index is 0.0926. The van der Waals surface area contributed by atoms with Gasteiger partial charge in [-0.2, -0.15) is 5.10 Å². The van der Waals surface area contributed by atoms with Gasteiger partial charge in [-0.1, -0.05) is 0 Å². The molecule has 7 heteroatoms. The van der Waals surface area contributed by atoms with Gasteiger partial charge in [-0.3, -0.25) is 14.3 Å². The van der Waals surface area contributed by atoms with E-state index in [4.69, 9.17) is 4.74 Å². The monoisotopic (exact) mass is 348 g/mol. The molecule has 25 heavy (non-hydrogen) atoms. The second kappa shape index (κ2) is 7.15. The van der Waals surface area contributed by atoms with Crippen molar-refractivity contribution in [1.29, 1.82) is 0 Å². The number of ether oxygens (including phenoxy) is 1. The van der Waals surface area contributed by atoms with Crippen molar-refractivity contribution in [2.75, 3.05) is 20.2 Å². The average molecular weight is 348 g/mol. The topological polar surface area (TPSA) is 67.7 Å². The molecule has 3 heterocycles. The second-order valence-electron chi connectivity index (χ2n) is 7.36. The molecule has 3 rings (SSSR count). The molecule has 0 saturated carbocycles. The van der Waals surface area contributed by atoms with Crippen LogP contribution in [0.3, 0.4) is 0 Å². The maximum absolute atomic E-state index is 12.5. The van der Waals surface area contributed by atoms with Crippen LogP contribution in [0.15, 0.2) is 12.3 Å². The van der Waals surface area contributed by atoms with E-state index in [1.807, 2.05) is 42.8 Å². The van der Waals surface area contributed by atoms with Gasteiger partial charge >= 0.3 is 0 Å². The van der Waals surface area contributed by atoms with Crippen LogP contribution in [0, 0.1) is 12.8 Å². The van der Waals surface area contributed by atoms with Crippen molar-refractivity contribution in [1.82, 2.24) is 19.6 Å². The van der Waals surface area contributed by atoms with Crippen LogP contribution in [0.25, 0.3) is 0 Å². The number of aryl methyl sites for hydroxylation is 1. The predicted octanol–water partition coefficient (Wildman–Crippen LogP) is 1.06. The molecule has 2 amide bonds. The van der Waals surface area contributed by atoms with Gasteiger partial charge in [0.1, 0.15) is 6.54 Å². The van der Waals surface area contributed by atoms with Crippen molar-refractivity contribution < 1.29 is 14.3 Å². The molecule has 0 radical (unpaired) electrons. The first-order valence-electron chi connectivity index (χ1n) is 9.05. The summed E-state index contributed by atoms with van der Waals surface area (Å²) in [5.74, 6) is 0.589. The minimum atomic E-state index is -0.318. The number of hydrogen-bond acceptors (Lipinski definition) is 4. The Morgan fingerprint density at radius 3 is 2.56 bits per heavy atom. The van der Waals surface area contributed by atoms with Crippen LogP contribution in [0.1, 0.15) is 32.4 Å². The van der Waals surface area contributed by atoms with Gasteiger partial charge in [-0.15, -0.1) is 0 Å². The molecule has 1 aromatic rings. The van der Waals surface area contributed by atoms with Crippen molar-refractivity contribution in [2.45, 2.75) is 58.3 Å². The normalized spacial score (nSPS) is 24.8. The zero-order chi connectivity index (χ0) is 18.1. The number of aromatic nitrogens is 2. The third-order valence-corrected chi connectivity index (χ3v) is 5.39. The van der Waals surface area contributed by atoms with Gasteiger partial charge < -0.3 is 14.5 Å². The lowest BCUT2D eigenvalue weighted by molar-refractivity contribution is -0.182. The van der Waals surface area contributed by atoms with Crippen molar-refractivity contribution in [3.05, 3.63) is 18.0 Å². The number of piperidine rings is 1. The largest absolute Gasteiger partial charge is 0.369 e. The van der Waals surface area contributed by atoms with Gasteiger partial charge in [-0.25, -0.2) is 0 Å². The molecule has 2 saturated heterocycles. The summed E-state index contributed by atoms with van der Waals surface area (Å²) >= 11 is 0. The number of β-lactam (4-membered cyclic amide) rings is 1. The fourth-order valence-corrected chi connectivity index (χ4v) is 4.10. The molecule has 0 bridgehead atoms. The third-order valence-electron chi connectivity index (χ3n) is 5.39. The molecule has 0 unspecified atom stereocenters. The molecule has 138 valence electrons. The van der Waals surface area contributed by atoms with E-state index in [1.165, 1.54) is 0 Å². The van der Waals surface area contributed by atoms with E-state index in [0.29, 0.717) is 12.5 Å². The molecular formula is C18H28N4O3. The zero-order valence-electron chi connectivity index (χ0n) is 15.5. The first-order chi connectivity index (χ1) is 11.9. The molecule has 0 aromatic carbocycles. The van der Waals surface area contributed by atoms with E-state index in [-0.39, 0.29) is 30.0 Å². The number of rotatable bonds is 5. The number of methoxy groups -OCH3 is 1. The standard InChI is InChI=1S/C18H28N4O3/c1-12(2)22-16(17(25-4)18(22)24)14-6-8-20(9-7-14)15(23)11-21-10-5-13(3)19-21/h5,10,12,14,16-17H,6-9,11H2,1-4H3/t16-,17+/m0/s1. The fourth-order valence-electron chi connectivity index (χ4n) is 4.10. The van der Waals surface area contributed by atoms with Gasteiger partial charge in [0.15, 0.2) is 6.10 Å². The van der Waals surface area contributed by atoms with Gasteiger partial charge in [0, 0.05) is 32.4 Å². The van der Waals surface area contributed by atoms with Crippen LogP contribution < -0.4 is 0 Å². The van der Waals surface area contributed by atoms with E-state index in [2.05, 4.69) is 5.10 Å². The Morgan fingerprint density at radius 2 is 2.04 bits per heavy atom. The summed E-state index contributed by atoms with van der Waals surface area (Å²) in [4.78, 5) is 28.5. The van der Waals surface area contributed by atoms with Crippen molar-refractivity contribution in [3.63, 3.8) is 0 Å². The highest BCUT2D eigenvalue weighted by atomic mass is 16.5. The summed E-state index contributed by atoms with van der Waals surface area (Å²) in [5, 5.41) is 4.28. The van der Waals surface area contributed by atoms with Gasteiger partial charge in [0.05, 0.1) is 11.7 Å². The van der Waals surface area contributed by atoms with Crippen LogP contribution in [-0.2, 0) is 20.9 Å². The predicted molar refractivity (Wildman–Crippen MR) is 92.8 cm³/mol. The Kier molecular flexibility index (Phi) is 5.13. The number of carbonyl (C=O) groups is 2. The van der Waals surface area contributed by atoms with Crippen LogP contribution in [0.5, 0.6) is 0 Å². The van der Waals surface area contributed by atoms with Crippen LogP contribution in [-0.4, -0.2) is 69.8 Å². The van der Waals surface area contributed by atoms with E-state index in [0.717, 1.165) is 31.6 Å². The SMILES string of the molecule is CO[C@H]1C(=O)N(C(C)C)[C@H]1C1CCN(C(=O)Cn2ccc(C)n2)CC1. The summed E-state index contributed by atoms with van der Waals surface area (Å²) in [6.07, 6.45) is 3.33. The summed E-state index contributed by atoms with van der Waals surface area (Å²) in [7, 11) is 1.61. The average Bonchev–Trinajstić information content (AvgIpc) is 2.97. The van der Waals surface area contributed by atoms with E-state index in [9.17, 15) is 9.59 Å². The van der Waals surface area contributed by atoms with Gasteiger partial charge in [0.2, 0.25) is 5.91 Å². The number of likely N-dealkylation sites (tertiary alicyclic amines) is 2. The molecule has 0 aliphatic carbocycles. The molecule has 1 aromatic heterocycles. The Morgan fingerprint density at radius 1 is 1.36 bits per heavy atom. The first kappa shape index (κ1) is 17.9. The maximum Gasteiger partial charge on any atom is 0.254 e. The van der Waals surface area contributed by atoms with Gasteiger partial charge in [0.25, 0.3) is 5.91 Å². The molecule has 2 atom stereocenters. The lowest BCUT2D eigenvalue weighted by atomic mass is 9.79. The summed E-state index contributed by atoms with van der Waals surface area (Å²) in [5.41, 5.74) is 0.917. The van der Waals surface area contributed by atoms with Crippen molar-refractivity contribution >= 4 is 11.8 Å². The maximum atomic E-state index is 12.5. The molecule has 2 aliphatic heterocycles. The van der Waals surface area contributed by atoms with Crippen molar-refractivity contribution in [2.24, 2.45) is 5.92 Å². The second-order valence-corrected chi connectivity index (χ2v) is 7.36. The highest BCUT2D eigenvalue weighted by Crippen LogP contribution is 2.36. The van der Waals surface area contributed by atoms with E-state index in [1.54, 1.807) is 11.8 Å². The molecule has 2 fully saturated rings.